The van der Waals surface area contributed by atoms with Gasteiger partial charge in [-0.05, 0) is 19.3 Å². The molecule has 0 bridgehead atoms. The van der Waals surface area contributed by atoms with E-state index >= 15 is 0 Å². The fourth-order valence-corrected chi connectivity index (χ4v) is 4.01. The van der Waals surface area contributed by atoms with Gasteiger partial charge < -0.3 is 10.2 Å². The maximum absolute atomic E-state index is 12.7. The minimum atomic E-state index is 0.0227. The Morgan fingerprint density at radius 3 is 2.65 bits per heavy atom. The normalized spacial score (nSPS) is 15.0. The summed E-state index contributed by atoms with van der Waals surface area (Å²) in [5.74, 6) is 0.182. The van der Waals surface area contributed by atoms with Gasteiger partial charge in [-0.3, -0.25) is 9.59 Å². The third kappa shape index (κ3) is 4.49. The molecule has 1 aliphatic heterocycles. The van der Waals surface area contributed by atoms with Crippen molar-refractivity contribution in [2.24, 2.45) is 5.92 Å². The van der Waals surface area contributed by atoms with Gasteiger partial charge >= 0.3 is 0 Å². The minimum absolute atomic E-state index is 0.0227. The van der Waals surface area contributed by atoms with Crippen LogP contribution in [-0.2, 0) is 4.79 Å². The summed E-state index contributed by atoms with van der Waals surface area (Å²) >= 11 is 1.43. The Labute approximate surface area is 158 Å². The van der Waals surface area contributed by atoms with E-state index in [1.165, 1.54) is 11.3 Å². The quantitative estimate of drug-likeness (QED) is 0.790. The third-order valence-electron chi connectivity index (χ3n) is 4.72. The van der Waals surface area contributed by atoms with E-state index in [9.17, 15) is 9.59 Å². The highest BCUT2D eigenvalue weighted by Gasteiger charge is 2.28. The molecule has 2 heterocycles. The Morgan fingerprint density at radius 1 is 1.23 bits per heavy atom. The lowest BCUT2D eigenvalue weighted by Gasteiger charge is -2.31. The first-order chi connectivity index (χ1) is 12.7. The highest BCUT2D eigenvalue weighted by molar-refractivity contribution is 7.16. The number of carbonyl (C=O) groups excluding carboxylic acids is 2. The van der Waals surface area contributed by atoms with Crippen molar-refractivity contribution in [3.63, 3.8) is 0 Å². The van der Waals surface area contributed by atoms with E-state index in [4.69, 9.17) is 0 Å². The van der Waals surface area contributed by atoms with Gasteiger partial charge in [0.25, 0.3) is 5.91 Å². The van der Waals surface area contributed by atoms with Gasteiger partial charge in [0, 0.05) is 31.1 Å². The Bertz CT molecular complexity index is 737. The lowest BCUT2D eigenvalue weighted by molar-refractivity contribution is -0.126. The second-order valence-electron chi connectivity index (χ2n) is 6.61. The van der Waals surface area contributed by atoms with E-state index in [0.717, 1.165) is 42.8 Å². The number of nitrogens with one attached hydrogen (secondary N) is 1. The van der Waals surface area contributed by atoms with Crippen LogP contribution in [0.15, 0.2) is 36.5 Å². The number of benzene rings is 1. The van der Waals surface area contributed by atoms with Crippen molar-refractivity contribution in [3.05, 3.63) is 41.4 Å². The van der Waals surface area contributed by atoms with Gasteiger partial charge in [-0.15, -0.1) is 11.3 Å². The number of thiazole rings is 1. The molecular weight excluding hydrogens is 346 g/mol. The molecule has 1 N–H and O–H groups in total. The van der Waals surface area contributed by atoms with Gasteiger partial charge in [0.05, 0.1) is 6.20 Å². The Morgan fingerprint density at radius 2 is 1.96 bits per heavy atom. The van der Waals surface area contributed by atoms with E-state index in [1.54, 1.807) is 6.20 Å². The second kappa shape index (κ2) is 8.94. The average Bonchev–Trinajstić information content (AvgIpc) is 3.18. The zero-order valence-corrected chi connectivity index (χ0v) is 15.9. The van der Waals surface area contributed by atoms with Gasteiger partial charge in [0.15, 0.2) is 0 Å². The van der Waals surface area contributed by atoms with Crippen LogP contribution in [0.4, 0.5) is 0 Å². The van der Waals surface area contributed by atoms with E-state index in [-0.39, 0.29) is 17.7 Å². The standard InChI is InChI=1S/C20H25N3O2S/c1-2-3-11-21-18(24)15-9-12-23(13-10-15)20(25)17-14-22-19(26-17)16-7-5-4-6-8-16/h4-8,14-15H,2-3,9-13H2,1H3,(H,21,24). The molecule has 138 valence electrons. The molecule has 0 radical (unpaired) electrons. The summed E-state index contributed by atoms with van der Waals surface area (Å²) < 4.78 is 0. The van der Waals surface area contributed by atoms with Gasteiger partial charge in [-0.2, -0.15) is 0 Å². The molecule has 2 aromatic rings. The van der Waals surface area contributed by atoms with Crippen LogP contribution >= 0.6 is 11.3 Å². The highest BCUT2D eigenvalue weighted by Crippen LogP contribution is 2.27. The van der Waals surface area contributed by atoms with Crippen LogP contribution in [0.25, 0.3) is 10.6 Å². The molecule has 1 aromatic heterocycles. The van der Waals surface area contributed by atoms with Crippen LogP contribution in [0.2, 0.25) is 0 Å². The molecule has 1 aliphatic rings. The number of piperidine rings is 1. The van der Waals surface area contributed by atoms with Crippen LogP contribution < -0.4 is 5.32 Å². The molecule has 5 nitrogen and oxygen atoms in total. The summed E-state index contributed by atoms with van der Waals surface area (Å²) in [5, 5.41) is 3.86. The summed E-state index contributed by atoms with van der Waals surface area (Å²) in [6.45, 7) is 4.11. The molecule has 2 amide bonds. The number of amides is 2. The van der Waals surface area contributed by atoms with E-state index in [2.05, 4.69) is 17.2 Å². The zero-order valence-electron chi connectivity index (χ0n) is 15.1. The monoisotopic (exact) mass is 371 g/mol. The maximum atomic E-state index is 12.7. The number of carbonyl (C=O) groups is 2. The van der Waals surface area contributed by atoms with Crippen molar-refractivity contribution in [2.45, 2.75) is 32.6 Å². The molecule has 0 spiro atoms. The van der Waals surface area contributed by atoms with Crippen molar-refractivity contribution >= 4 is 23.2 Å². The summed E-state index contributed by atoms with van der Waals surface area (Å²) in [4.78, 5) is 31.8. The van der Waals surface area contributed by atoms with Crippen LogP contribution in [-0.4, -0.2) is 41.3 Å². The Balaban J connectivity index is 1.54. The fraction of sp³-hybridized carbons (Fsp3) is 0.450. The van der Waals surface area contributed by atoms with Gasteiger partial charge in [0.2, 0.25) is 5.91 Å². The SMILES string of the molecule is CCCCNC(=O)C1CCN(C(=O)c2cnc(-c3ccccc3)s2)CC1. The third-order valence-corrected chi connectivity index (χ3v) is 5.75. The van der Waals surface area contributed by atoms with Crippen molar-refractivity contribution in [1.82, 2.24) is 15.2 Å². The average molecular weight is 372 g/mol. The summed E-state index contributed by atoms with van der Waals surface area (Å²) in [6.07, 6.45) is 5.21. The summed E-state index contributed by atoms with van der Waals surface area (Å²) in [7, 11) is 0. The van der Waals surface area contributed by atoms with Gasteiger partial charge in [-0.25, -0.2) is 4.98 Å². The van der Waals surface area contributed by atoms with Crippen molar-refractivity contribution in [2.75, 3.05) is 19.6 Å². The molecule has 1 aromatic carbocycles. The summed E-state index contributed by atoms with van der Waals surface area (Å²) in [6, 6.07) is 9.89. The molecule has 1 fully saturated rings. The molecule has 1 saturated heterocycles. The molecule has 3 rings (SSSR count). The number of hydrogen-bond donors (Lipinski definition) is 1. The second-order valence-corrected chi connectivity index (χ2v) is 7.64. The molecule has 0 atom stereocenters. The first kappa shape index (κ1) is 18.6. The van der Waals surface area contributed by atoms with Crippen LogP contribution in [0, 0.1) is 5.92 Å². The van der Waals surface area contributed by atoms with Gasteiger partial charge in [-0.1, -0.05) is 43.7 Å². The number of aromatic nitrogens is 1. The van der Waals surface area contributed by atoms with Gasteiger partial charge in [0.1, 0.15) is 9.88 Å². The molecule has 0 saturated carbocycles. The van der Waals surface area contributed by atoms with Crippen molar-refractivity contribution in [3.8, 4) is 10.6 Å². The molecule has 0 unspecified atom stereocenters. The first-order valence-corrected chi connectivity index (χ1v) is 10.1. The van der Waals surface area contributed by atoms with Crippen molar-refractivity contribution in [1.29, 1.82) is 0 Å². The molecular formula is C20H25N3O2S. The number of nitrogens with zero attached hydrogens (tertiary/aromatic N) is 2. The molecule has 0 aliphatic carbocycles. The fourth-order valence-electron chi connectivity index (χ4n) is 3.12. The first-order valence-electron chi connectivity index (χ1n) is 9.27. The predicted molar refractivity (Wildman–Crippen MR) is 104 cm³/mol. The van der Waals surface area contributed by atoms with E-state index in [1.807, 2.05) is 35.2 Å². The predicted octanol–water partition coefficient (Wildman–Crippen LogP) is 3.58. The summed E-state index contributed by atoms with van der Waals surface area (Å²) in [5.41, 5.74) is 1.03. The number of hydrogen-bond acceptors (Lipinski definition) is 4. The van der Waals surface area contributed by atoms with Crippen molar-refractivity contribution < 1.29 is 9.59 Å². The number of unbranched alkanes of at least 4 members (excludes halogenated alkanes) is 1. The lowest BCUT2D eigenvalue weighted by atomic mass is 9.95. The number of rotatable bonds is 6. The molecule has 6 heteroatoms. The minimum Gasteiger partial charge on any atom is -0.356 e. The Hall–Kier alpha value is -2.21. The zero-order chi connectivity index (χ0) is 18.4. The lowest BCUT2D eigenvalue weighted by Crippen LogP contribution is -2.43. The highest BCUT2D eigenvalue weighted by atomic mass is 32.1. The van der Waals surface area contributed by atoms with Crippen LogP contribution in [0.1, 0.15) is 42.3 Å². The van der Waals surface area contributed by atoms with E-state index < -0.39 is 0 Å². The molecule has 26 heavy (non-hydrogen) atoms. The maximum Gasteiger partial charge on any atom is 0.265 e. The largest absolute Gasteiger partial charge is 0.356 e. The van der Waals surface area contributed by atoms with E-state index in [0.29, 0.717) is 18.0 Å². The topological polar surface area (TPSA) is 62.3 Å². The smallest absolute Gasteiger partial charge is 0.265 e. The number of likely N-dealkylation sites (tertiary alicyclic amines) is 1. The van der Waals surface area contributed by atoms with Crippen LogP contribution in [0.5, 0.6) is 0 Å². The van der Waals surface area contributed by atoms with Crippen LogP contribution in [0.3, 0.4) is 0 Å². The Kier molecular flexibility index (Phi) is 6.39.